The first-order chi connectivity index (χ1) is 12.5. The van der Waals surface area contributed by atoms with Gasteiger partial charge in [-0.25, -0.2) is 0 Å². The van der Waals surface area contributed by atoms with Gasteiger partial charge in [0, 0.05) is 13.1 Å². The molecule has 1 aromatic carbocycles. The van der Waals surface area contributed by atoms with Crippen LogP contribution in [0.3, 0.4) is 0 Å². The summed E-state index contributed by atoms with van der Waals surface area (Å²) >= 11 is 6.16. The number of hydrogen-bond donors (Lipinski definition) is 2. The van der Waals surface area contributed by atoms with Gasteiger partial charge in [-0.15, -0.1) is 24.0 Å². The molecule has 0 amide bonds. The molecule has 2 N–H and O–H groups in total. The number of rotatable bonds is 8. The lowest BCUT2D eigenvalue weighted by Crippen LogP contribution is -2.42. The lowest BCUT2D eigenvalue weighted by Gasteiger charge is -2.20. The average Bonchev–Trinajstić information content (AvgIpc) is 3.11. The van der Waals surface area contributed by atoms with Gasteiger partial charge in [0.2, 0.25) is 0 Å². The smallest absolute Gasteiger partial charge is 0.191 e. The highest BCUT2D eigenvalue weighted by Crippen LogP contribution is 2.24. The van der Waals surface area contributed by atoms with Crippen LogP contribution in [0, 0.1) is 0 Å². The SMILES string of the molecule is CCC(CNC(=NC)NCc1cc(C(C)C)no1)Oc1ccccc1Cl.I. The van der Waals surface area contributed by atoms with Gasteiger partial charge in [-0.05, 0) is 24.5 Å². The molecule has 0 spiro atoms. The third kappa shape index (κ3) is 7.57. The van der Waals surface area contributed by atoms with Crippen molar-refractivity contribution in [3.05, 3.63) is 46.8 Å². The van der Waals surface area contributed by atoms with E-state index in [0.717, 1.165) is 17.9 Å². The van der Waals surface area contributed by atoms with Crippen molar-refractivity contribution in [2.24, 2.45) is 4.99 Å². The Morgan fingerprint density at radius 2 is 2.04 bits per heavy atom. The van der Waals surface area contributed by atoms with Crippen molar-refractivity contribution in [2.45, 2.75) is 45.8 Å². The number of aromatic nitrogens is 1. The predicted octanol–water partition coefficient (Wildman–Crippen LogP) is 4.59. The van der Waals surface area contributed by atoms with Crippen molar-refractivity contribution in [3.8, 4) is 5.75 Å². The molecule has 150 valence electrons. The quantitative estimate of drug-likeness (QED) is 0.311. The van der Waals surface area contributed by atoms with Gasteiger partial charge in [0.1, 0.15) is 11.9 Å². The van der Waals surface area contributed by atoms with Crippen LogP contribution in [0.1, 0.15) is 44.6 Å². The highest BCUT2D eigenvalue weighted by atomic mass is 127. The number of para-hydroxylation sites is 1. The van der Waals surface area contributed by atoms with Crippen molar-refractivity contribution in [2.75, 3.05) is 13.6 Å². The second-order valence-electron chi connectivity index (χ2n) is 6.26. The topological polar surface area (TPSA) is 71.7 Å². The fraction of sp³-hybridized carbons (Fsp3) is 0.474. The van der Waals surface area contributed by atoms with Crippen LogP contribution >= 0.6 is 35.6 Å². The maximum absolute atomic E-state index is 6.16. The summed E-state index contributed by atoms with van der Waals surface area (Å²) in [4.78, 5) is 4.23. The molecule has 27 heavy (non-hydrogen) atoms. The van der Waals surface area contributed by atoms with Crippen molar-refractivity contribution in [3.63, 3.8) is 0 Å². The van der Waals surface area contributed by atoms with Crippen molar-refractivity contribution < 1.29 is 9.26 Å². The van der Waals surface area contributed by atoms with Gasteiger partial charge in [0.25, 0.3) is 0 Å². The molecule has 0 fully saturated rings. The fourth-order valence-corrected chi connectivity index (χ4v) is 2.46. The van der Waals surface area contributed by atoms with Crippen molar-refractivity contribution in [1.82, 2.24) is 15.8 Å². The van der Waals surface area contributed by atoms with E-state index in [1.165, 1.54) is 0 Å². The number of ether oxygens (including phenoxy) is 1. The molecule has 1 heterocycles. The molecule has 0 aliphatic rings. The molecule has 1 aromatic heterocycles. The minimum absolute atomic E-state index is 0. The van der Waals surface area contributed by atoms with Gasteiger partial charge in [-0.3, -0.25) is 4.99 Å². The van der Waals surface area contributed by atoms with E-state index in [9.17, 15) is 0 Å². The van der Waals surface area contributed by atoms with Crippen molar-refractivity contribution >= 4 is 41.5 Å². The van der Waals surface area contributed by atoms with E-state index in [0.29, 0.717) is 35.7 Å². The minimum Gasteiger partial charge on any atom is -0.487 e. The molecule has 0 aliphatic heterocycles. The molecule has 0 bridgehead atoms. The number of nitrogens with zero attached hydrogens (tertiary/aromatic N) is 2. The number of nitrogens with one attached hydrogen (secondary N) is 2. The van der Waals surface area contributed by atoms with Gasteiger partial charge in [-0.2, -0.15) is 0 Å². The third-order valence-electron chi connectivity index (χ3n) is 3.91. The Balaban J connectivity index is 0.00000364. The molecule has 8 heteroatoms. The summed E-state index contributed by atoms with van der Waals surface area (Å²) in [5.41, 5.74) is 0.948. The number of hydrogen-bond acceptors (Lipinski definition) is 4. The Labute approximate surface area is 183 Å². The number of benzene rings is 1. The summed E-state index contributed by atoms with van der Waals surface area (Å²) in [6.07, 6.45) is 0.820. The summed E-state index contributed by atoms with van der Waals surface area (Å²) in [5.74, 6) is 2.48. The summed E-state index contributed by atoms with van der Waals surface area (Å²) in [6, 6.07) is 9.44. The largest absolute Gasteiger partial charge is 0.487 e. The molecule has 2 rings (SSSR count). The van der Waals surface area contributed by atoms with Crippen LogP contribution in [0.2, 0.25) is 5.02 Å². The van der Waals surface area contributed by atoms with Crippen LogP contribution in [-0.4, -0.2) is 30.8 Å². The van der Waals surface area contributed by atoms with E-state index < -0.39 is 0 Å². The molecule has 1 unspecified atom stereocenters. The molecule has 2 aromatic rings. The highest BCUT2D eigenvalue weighted by molar-refractivity contribution is 14.0. The zero-order chi connectivity index (χ0) is 18.9. The van der Waals surface area contributed by atoms with Crippen LogP contribution in [-0.2, 0) is 6.54 Å². The second-order valence-corrected chi connectivity index (χ2v) is 6.67. The van der Waals surface area contributed by atoms with E-state index in [-0.39, 0.29) is 30.1 Å². The summed E-state index contributed by atoms with van der Waals surface area (Å²) < 4.78 is 11.3. The maximum Gasteiger partial charge on any atom is 0.191 e. The molecule has 0 radical (unpaired) electrons. The number of halogens is 2. The molecule has 1 atom stereocenters. The third-order valence-corrected chi connectivity index (χ3v) is 4.22. The van der Waals surface area contributed by atoms with Gasteiger partial charge < -0.3 is 19.9 Å². The number of guanidine groups is 1. The van der Waals surface area contributed by atoms with Gasteiger partial charge in [0.05, 0.1) is 23.8 Å². The average molecular weight is 507 g/mol. The Kier molecular flexibility index (Phi) is 10.5. The molecule has 0 aliphatic carbocycles. The highest BCUT2D eigenvalue weighted by Gasteiger charge is 2.12. The van der Waals surface area contributed by atoms with E-state index in [1.807, 2.05) is 30.3 Å². The number of aliphatic imine (C=N–C) groups is 1. The normalized spacial score (nSPS) is 12.4. The van der Waals surface area contributed by atoms with Gasteiger partial charge in [0.15, 0.2) is 11.7 Å². The lowest BCUT2D eigenvalue weighted by atomic mass is 10.1. The van der Waals surface area contributed by atoms with Crippen LogP contribution < -0.4 is 15.4 Å². The van der Waals surface area contributed by atoms with Crippen LogP contribution in [0.4, 0.5) is 0 Å². The molecule has 0 saturated heterocycles. The Hall–Kier alpha value is -1.48. The Morgan fingerprint density at radius 3 is 2.63 bits per heavy atom. The zero-order valence-corrected chi connectivity index (χ0v) is 19.2. The molecule has 6 nitrogen and oxygen atoms in total. The van der Waals surface area contributed by atoms with E-state index in [4.69, 9.17) is 20.9 Å². The first-order valence-electron chi connectivity index (χ1n) is 8.84. The Bertz CT molecular complexity index is 721. The van der Waals surface area contributed by atoms with Crippen LogP contribution in [0.25, 0.3) is 0 Å². The lowest BCUT2D eigenvalue weighted by molar-refractivity contribution is 0.199. The van der Waals surface area contributed by atoms with E-state index in [1.54, 1.807) is 7.05 Å². The molecule has 0 saturated carbocycles. The standard InChI is InChI=1S/C19H27ClN4O2.HI/c1-5-14(25-18-9-7-6-8-16(18)20)11-22-19(21-4)23-12-15-10-17(13(2)3)24-26-15;/h6-10,13-14H,5,11-12H2,1-4H3,(H2,21,22,23);1H. The minimum atomic E-state index is -0.0220. The van der Waals surface area contributed by atoms with Crippen LogP contribution in [0.5, 0.6) is 5.75 Å². The summed E-state index contributed by atoms with van der Waals surface area (Å²) in [7, 11) is 1.73. The van der Waals surface area contributed by atoms with Crippen molar-refractivity contribution in [1.29, 1.82) is 0 Å². The monoisotopic (exact) mass is 506 g/mol. The van der Waals surface area contributed by atoms with E-state index in [2.05, 4.69) is 41.6 Å². The predicted molar refractivity (Wildman–Crippen MR) is 120 cm³/mol. The fourth-order valence-electron chi connectivity index (χ4n) is 2.28. The van der Waals surface area contributed by atoms with Gasteiger partial charge >= 0.3 is 0 Å². The molecular formula is C19H28ClIN4O2. The maximum atomic E-state index is 6.16. The van der Waals surface area contributed by atoms with E-state index >= 15 is 0 Å². The first-order valence-corrected chi connectivity index (χ1v) is 9.22. The first kappa shape index (κ1) is 23.6. The zero-order valence-electron chi connectivity index (χ0n) is 16.2. The summed E-state index contributed by atoms with van der Waals surface area (Å²) in [5, 5.41) is 11.1. The Morgan fingerprint density at radius 1 is 1.30 bits per heavy atom. The van der Waals surface area contributed by atoms with Crippen LogP contribution in [0.15, 0.2) is 39.8 Å². The second kappa shape index (κ2) is 12.1. The van der Waals surface area contributed by atoms with Gasteiger partial charge in [-0.1, -0.05) is 49.7 Å². The molecular weight excluding hydrogens is 479 g/mol. The summed E-state index contributed by atoms with van der Waals surface area (Å²) in [6.45, 7) is 7.36.